The first-order valence-electron chi connectivity index (χ1n) is 6.62. The Hall–Kier alpha value is -2.04. The summed E-state index contributed by atoms with van der Waals surface area (Å²) < 4.78 is 1.79. The van der Waals surface area contributed by atoms with Crippen LogP contribution in [0.1, 0.15) is 32.7 Å². The van der Waals surface area contributed by atoms with Crippen LogP contribution in [-0.4, -0.2) is 27.2 Å². The van der Waals surface area contributed by atoms with Gasteiger partial charge in [-0.25, -0.2) is 9.78 Å². The summed E-state index contributed by atoms with van der Waals surface area (Å²) in [6.07, 6.45) is 1.49. The lowest BCUT2D eigenvalue weighted by Gasteiger charge is -2.16. The molecule has 0 aliphatic carbocycles. The number of carbonyl (C=O) groups is 1. The number of carboxylic acid groups (broad SMARTS) is 1. The van der Waals surface area contributed by atoms with Gasteiger partial charge in [0.05, 0.1) is 11.0 Å². The van der Waals surface area contributed by atoms with E-state index in [1.165, 1.54) is 0 Å². The second kappa shape index (κ2) is 5.73. The average Bonchev–Trinajstić information content (AvgIpc) is 2.76. The van der Waals surface area contributed by atoms with Crippen molar-refractivity contribution in [3.8, 4) is 0 Å². The average molecular weight is 261 g/mol. The lowest BCUT2D eigenvalue weighted by molar-refractivity contribution is -0.140. The minimum Gasteiger partial charge on any atom is -0.480 e. The van der Waals surface area contributed by atoms with E-state index in [1.54, 1.807) is 4.57 Å². The Bertz CT molecular complexity index is 577. The lowest BCUT2D eigenvalue weighted by atomic mass is 10.2. The van der Waals surface area contributed by atoms with Gasteiger partial charge in [-0.2, -0.15) is 0 Å². The smallest absolute Gasteiger partial charge is 0.326 e. The van der Waals surface area contributed by atoms with E-state index in [4.69, 9.17) is 0 Å². The van der Waals surface area contributed by atoms with Gasteiger partial charge in [0, 0.05) is 6.54 Å². The molecule has 0 amide bonds. The number of nitrogens with one attached hydrogen (secondary N) is 1. The maximum absolute atomic E-state index is 11.4. The van der Waals surface area contributed by atoms with Crippen LogP contribution in [0.3, 0.4) is 0 Å². The summed E-state index contributed by atoms with van der Waals surface area (Å²) in [6.45, 7) is 4.71. The number of rotatable bonds is 6. The summed E-state index contributed by atoms with van der Waals surface area (Å²) in [4.78, 5) is 15.9. The number of fused-ring (bicyclic) bond motifs is 1. The van der Waals surface area contributed by atoms with E-state index in [0.29, 0.717) is 12.4 Å². The number of nitrogens with zero attached hydrogens (tertiary/aromatic N) is 2. The number of hydrogen-bond donors (Lipinski definition) is 2. The quantitative estimate of drug-likeness (QED) is 0.839. The van der Waals surface area contributed by atoms with Gasteiger partial charge < -0.3 is 10.4 Å². The van der Waals surface area contributed by atoms with Gasteiger partial charge in [-0.15, -0.1) is 0 Å². The van der Waals surface area contributed by atoms with Gasteiger partial charge in [-0.05, 0) is 25.0 Å². The van der Waals surface area contributed by atoms with E-state index in [2.05, 4.69) is 17.2 Å². The molecule has 0 bridgehead atoms. The summed E-state index contributed by atoms with van der Waals surface area (Å²) in [5.74, 6) is -0.192. The van der Waals surface area contributed by atoms with Gasteiger partial charge in [0.25, 0.3) is 0 Å². The largest absolute Gasteiger partial charge is 0.480 e. The van der Waals surface area contributed by atoms with Crippen molar-refractivity contribution < 1.29 is 9.90 Å². The topological polar surface area (TPSA) is 67.2 Å². The first-order chi connectivity index (χ1) is 9.19. The molecular weight excluding hydrogens is 242 g/mol. The predicted molar refractivity (Wildman–Crippen MR) is 75.5 cm³/mol. The Morgan fingerprint density at radius 3 is 2.79 bits per heavy atom. The fraction of sp³-hybridized carbons (Fsp3) is 0.429. The molecule has 0 fully saturated rings. The molecule has 0 radical (unpaired) electrons. The summed E-state index contributed by atoms with van der Waals surface area (Å²) in [5.41, 5.74) is 1.68. The molecule has 5 heteroatoms. The zero-order valence-corrected chi connectivity index (χ0v) is 11.3. The third kappa shape index (κ3) is 2.54. The number of hydrogen-bond acceptors (Lipinski definition) is 3. The third-order valence-corrected chi connectivity index (χ3v) is 3.11. The predicted octanol–water partition coefficient (Wildman–Crippen LogP) is 2.89. The van der Waals surface area contributed by atoms with Crippen LogP contribution in [-0.2, 0) is 4.79 Å². The van der Waals surface area contributed by atoms with E-state index < -0.39 is 12.0 Å². The maximum Gasteiger partial charge on any atom is 0.326 e. The first kappa shape index (κ1) is 13.4. The molecule has 1 aromatic carbocycles. The fourth-order valence-electron chi connectivity index (χ4n) is 2.19. The lowest BCUT2D eigenvalue weighted by Crippen LogP contribution is -2.20. The number of para-hydroxylation sites is 2. The van der Waals surface area contributed by atoms with Gasteiger partial charge in [-0.3, -0.25) is 4.57 Å². The second-order valence-electron chi connectivity index (χ2n) is 4.48. The summed E-state index contributed by atoms with van der Waals surface area (Å²) >= 11 is 0. The Balaban J connectivity index is 2.56. The van der Waals surface area contributed by atoms with E-state index in [9.17, 15) is 9.90 Å². The van der Waals surface area contributed by atoms with Crippen LogP contribution in [0.15, 0.2) is 24.3 Å². The van der Waals surface area contributed by atoms with E-state index >= 15 is 0 Å². The van der Waals surface area contributed by atoms with Crippen molar-refractivity contribution >= 4 is 23.0 Å². The number of imidazole rings is 1. The normalized spacial score (nSPS) is 12.5. The summed E-state index contributed by atoms with van der Waals surface area (Å²) in [6, 6.07) is 7.03. The molecule has 0 saturated carbocycles. The summed E-state index contributed by atoms with van der Waals surface area (Å²) in [5, 5.41) is 12.6. The molecule has 1 unspecified atom stereocenters. The first-order valence-corrected chi connectivity index (χ1v) is 6.62. The molecule has 1 aromatic heterocycles. The van der Waals surface area contributed by atoms with Gasteiger partial charge in [0.2, 0.25) is 5.95 Å². The minimum absolute atomic E-state index is 0.524. The monoisotopic (exact) mass is 261 g/mol. The highest BCUT2D eigenvalue weighted by Gasteiger charge is 2.23. The number of carboxylic acids is 1. The molecule has 2 rings (SSSR count). The Morgan fingerprint density at radius 2 is 2.16 bits per heavy atom. The number of benzene rings is 1. The molecule has 102 valence electrons. The molecule has 19 heavy (non-hydrogen) atoms. The van der Waals surface area contributed by atoms with Crippen molar-refractivity contribution in [3.63, 3.8) is 0 Å². The van der Waals surface area contributed by atoms with Gasteiger partial charge in [-0.1, -0.05) is 26.0 Å². The van der Waals surface area contributed by atoms with E-state index in [0.717, 1.165) is 24.0 Å². The molecule has 0 aliphatic rings. The van der Waals surface area contributed by atoms with E-state index in [1.807, 2.05) is 31.2 Å². The van der Waals surface area contributed by atoms with Crippen molar-refractivity contribution in [2.45, 2.75) is 32.7 Å². The Morgan fingerprint density at radius 1 is 1.42 bits per heavy atom. The van der Waals surface area contributed by atoms with Crippen LogP contribution in [0.25, 0.3) is 11.0 Å². The van der Waals surface area contributed by atoms with Crippen LogP contribution >= 0.6 is 0 Å². The van der Waals surface area contributed by atoms with Crippen LogP contribution < -0.4 is 5.32 Å². The highest BCUT2D eigenvalue weighted by Crippen LogP contribution is 2.26. The molecule has 1 heterocycles. The van der Waals surface area contributed by atoms with Crippen LogP contribution in [0, 0.1) is 0 Å². The zero-order chi connectivity index (χ0) is 13.8. The Kier molecular flexibility index (Phi) is 4.04. The highest BCUT2D eigenvalue weighted by molar-refractivity contribution is 5.82. The molecule has 0 spiro atoms. The van der Waals surface area contributed by atoms with Gasteiger partial charge >= 0.3 is 5.97 Å². The third-order valence-electron chi connectivity index (χ3n) is 3.11. The van der Waals surface area contributed by atoms with Crippen molar-refractivity contribution in [1.82, 2.24) is 9.55 Å². The number of anilines is 1. The molecule has 0 aliphatic heterocycles. The number of aliphatic carboxylic acids is 1. The highest BCUT2D eigenvalue weighted by atomic mass is 16.4. The van der Waals surface area contributed by atoms with Crippen molar-refractivity contribution in [2.75, 3.05) is 11.9 Å². The molecule has 1 atom stereocenters. The van der Waals surface area contributed by atoms with Crippen molar-refractivity contribution in [2.24, 2.45) is 0 Å². The van der Waals surface area contributed by atoms with Crippen LogP contribution in [0.2, 0.25) is 0 Å². The Labute approximate surface area is 112 Å². The minimum atomic E-state index is -0.829. The molecule has 2 aromatic rings. The maximum atomic E-state index is 11.4. The van der Waals surface area contributed by atoms with Crippen LogP contribution in [0.4, 0.5) is 5.95 Å². The second-order valence-corrected chi connectivity index (χ2v) is 4.48. The summed E-state index contributed by atoms with van der Waals surface area (Å²) in [7, 11) is 0. The molecule has 0 saturated heterocycles. The van der Waals surface area contributed by atoms with E-state index in [-0.39, 0.29) is 0 Å². The standard InChI is InChI=1S/C14H19N3O2/c1-3-9-15-14-16-10-7-5-6-8-12(10)17(14)11(4-2)13(18)19/h5-8,11H,3-4,9H2,1-2H3,(H,15,16)(H,18,19). The molecule has 5 nitrogen and oxygen atoms in total. The molecular formula is C14H19N3O2. The van der Waals surface area contributed by atoms with Crippen LogP contribution in [0.5, 0.6) is 0 Å². The van der Waals surface area contributed by atoms with Gasteiger partial charge in [0.1, 0.15) is 6.04 Å². The van der Waals surface area contributed by atoms with Crippen molar-refractivity contribution in [3.05, 3.63) is 24.3 Å². The number of aromatic nitrogens is 2. The van der Waals surface area contributed by atoms with Gasteiger partial charge in [0.15, 0.2) is 0 Å². The van der Waals surface area contributed by atoms with Crippen molar-refractivity contribution in [1.29, 1.82) is 0 Å². The fourth-order valence-corrected chi connectivity index (χ4v) is 2.19. The SMILES string of the molecule is CCCNc1nc2ccccc2n1C(CC)C(=O)O. The zero-order valence-electron chi connectivity index (χ0n) is 11.3. The molecule has 2 N–H and O–H groups in total.